The predicted molar refractivity (Wildman–Crippen MR) is 274 cm³/mol. The maximum atomic E-state index is 6.87. The number of furan rings is 1. The lowest BCUT2D eigenvalue weighted by molar-refractivity contribution is 0.669. The molecule has 11 aromatic rings. The van der Waals surface area contributed by atoms with E-state index in [1.165, 1.54) is 64.3 Å². The molecule has 4 heteroatoms. The number of rotatable bonds is 6. The molecule has 0 saturated carbocycles. The van der Waals surface area contributed by atoms with Gasteiger partial charge < -0.3 is 9.32 Å². The highest BCUT2D eigenvalue weighted by Gasteiger charge is 2.50. The zero-order chi connectivity index (χ0) is 42.9. The van der Waals surface area contributed by atoms with Crippen molar-refractivity contribution in [1.82, 2.24) is 0 Å². The van der Waals surface area contributed by atoms with Crippen LogP contribution in [0.1, 0.15) is 22.3 Å². The van der Waals surface area contributed by atoms with Gasteiger partial charge in [-0.15, -0.1) is 0 Å². The maximum absolute atomic E-state index is 6.87. The molecule has 1 aromatic heterocycles. The molecule has 0 bridgehead atoms. The smallest absolute Gasteiger partial charge is 0.137 e. The first kappa shape index (κ1) is 37.9. The van der Waals surface area contributed by atoms with E-state index in [9.17, 15) is 0 Å². The monoisotopic (exact) mass is 863 g/mol. The Morgan fingerprint density at radius 3 is 1.57 bits per heavy atom. The minimum absolute atomic E-state index is 0.481. The molecule has 0 N–H and O–H groups in total. The molecule has 0 amide bonds. The summed E-state index contributed by atoms with van der Waals surface area (Å²) in [5.41, 5.74) is 14.7. The Hall–Kier alpha value is -7.63. The predicted octanol–water partition coefficient (Wildman–Crippen LogP) is 13.8. The third kappa shape index (κ3) is 6.02. The molecular weight excluding hydrogens is 823 g/mol. The van der Waals surface area contributed by atoms with Crippen molar-refractivity contribution in [2.45, 2.75) is 15.2 Å². The summed E-state index contributed by atoms with van der Waals surface area (Å²) in [5, 5.41) is 6.63. The number of benzene rings is 10. The summed E-state index contributed by atoms with van der Waals surface area (Å²) in [6, 6.07) is 89.5. The van der Waals surface area contributed by atoms with Gasteiger partial charge in [0.25, 0.3) is 0 Å². The van der Waals surface area contributed by atoms with Crippen molar-refractivity contribution >= 4 is 75.1 Å². The molecule has 1 atom stereocenters. The van der Waals surface area contributed by atoms with Crippen LogP contribution < -0.4 is 20.5 Å². The van der Waals surface area contributed by atoms with Crippen molar-refractivity contribution < 1.29 is 4.42 Å². The normalized spacial score (nSPS) is 14.4. The molecule has 2 aliphatic rings. The Balaban J connectivity index is 0.963. The van der Waals surface area contributed by atoms with E-state index in [2.05, 4.69) is 248 Å². The second-order valence-corrected chi connectivity index (χ2v) is 21.0. The van der Waals surface area contributed by atoms with Gasteiger partial charge in [0, 0.05) is 43.7 Å². The Kier molecular flexibility index (Phi) is 8.90. The first-order valence-corrected chi connectivity index (χ1v) is 24.9. The molecule has 0 aliphatic carbocycles. The number of hydrogen-bond donors (Lipinski definition) is 0. The van der Waals surface area contributed by atoms with Crippen molar-refractivity contribution in [2.24, 2.45) is 0 Å². The number of hydrogen-bond acceptors (Lipinski definition) is 3. The molecule has 1 unspecified atom stereocenters. The van der Waals surface area contributed by atoms with Crippen molar-refractivity contribution in [3.63, 3.8) is 0 Å². The number of nitrogens with zero attached hydrogens (tertiary/aromatic N) is 1. The van der Waals surface area contributed by atoms with Crippen molar-refractivity contribution in [1.29, 1.82) is 0 Å². The lowest BCUT2D eigenvalue weighted by Gasteiger charge is -2.48. The van der Waals surface area contributed by atoms with Crippen molar-refractivity contribution in [3.8, 4) is 22.3 Å². The Labute approximate surface area is 384 Å². The standard InChI is InChI=1S/C61H41NOSSi/c1-4-16-41(17-5-1)42-28-32-46(33-29-42)62(45-18-6-2-7-19-45)47-34-36-50-49-35-30-44(39-55(49)63-56(50)40-47)43-31-37-60-54(38-43)61(51-22-10-13-25-57(51)64-58-26-14-11-23-52(58)61)53-24-12-15-27-59(53)65(60)48-20-8-3-9-21-48/h1-40,65H. The Bertz CT molecular complexity index is 3540. The second-order valence-electron chi connectivity index (χ2n) is 17.2. The summed E-state index contributed by atoms with van der Waals surface area (Å²) in [6.45, 7) is 0. The van der Waals surface area contributed by atoms with Crippen LogP contribution in [0.4, 0.5) is 17.1 Å². The van der Waals surface area contributed by atoms with E-state index in [1.807, 2.05) is 11.8 Å². The van der Waals surface area contributed by atoms with Gasteiger partial charge in [0.05, 0.1) is 5.41 Å². The van der Waals surface area contributed by atoms with Crippen molar-refractivity contribution in [3.05, 3.63) is 265 Å². The zero-order valence-corrected chi connectivity index (χ0v) is 37.4. The van der Waals surface area contributed by atoms with E-state index in [4.69, 9.17) is 4.42 Å². The third-order valence-corrected chi connectivity index (χ3v) is 18.1. The molecule has 2 nitrogen and oxygen atoms in total. The van der Waals surface area contributed by atoms with Crippen LogP contribution in [0.15, 0.2) is 257 Å². The van der Waals surface area contributed by atoms with E-state index in [1.54, 1.807) is 0 Å². The topological polar surface area (TPSA) is 16.4 Å². The molecule has 1 spiro atoms. The highest BCUT2D eigenvalue weighted by atomic mass is 32.2. The number of para-hydroxylation sites is 1. The quantitative estimate of drug-likeness (QED) is 0.155. The van der Waals surface area contributed by atoms with E-state index < -0.39 is 14.2 Å². The minimum atomic E-state index is -1.89. The van der Waals surface area contributed by atoms with Crippen LogP contribution in [-0.2, 0) is 5.41 Å². The first-order chi connectivity index (χ1) is 32.2. The van der Waals surface area contributed by atoms with Crippen LogP contribution in [0.3, 0.4) is 0 Å². The van der Waals surface area contributed by atoms with Gasteiger partial charge in [-0.3, -0.25) is 0 Å². The largest absolute Gasteiger partial charge is 0.456 e. The highest BCUT2D eigenvalue weighted by Crippen LogP contribution is 2.56. The van der Waals surface area contributed by atoms with Gasteiger partial charge in [0.1, 0.15) is 20.0 Å². The van der Waals surface area contributed by atoms with Gasteiger partial charge in [-0.2, -0.15) is 0 Å². The third-order valence-electron chi connectivity index (χ3n) is 13.7. The Morgan fingerprint density at radius 2 is 0.846 bits per heavy atom. The average Bonchev–Trinajstić information content (AvgIpc) is 3.75. The van der Waals surface area contributed by atoms with Gasteiger partial charge in [0.15, 0.2) is 0 Å². The fourth-order valence-electron chi connectivity index (χ4n) is 10.8. The second kappa shape index (κ2) is 15.3. The van der Waals surface area contributed by atoms with E-state index >= 15 is 0 Å². The fraction of sp³-hybridized carbons (Fsp3) is 0.0164. The molecule has 0 fully saturated rings. The van der Waals surface area contributed by atoms with Crippen LogP contribution in [0, 0.1) is 0 Å². The van der Waals surface area contributed by atoms with Gasteiger partial charge in [-0.05, 0) is 122 Å². The number of fused-ring (bicyclic) bond motifs is 11. The summed E-state index contributed by atoms with van der Waals surface area (Å²) in [5.74, 6) is 0. The summed E-state index contributed by atoms with van der Waals surface area (Å²) in [6.07, 6.45) is 0. The van der Waals surface area contributed by atoms with E-state index in [0.29, 0.717) is 0 Å². The van der Waals surface area contributed by atoms with Gasteiger partial charge in [0.2, 0.25) is 0 Å². The van der Waals surface area contributed by atoms with Crippen LogP contribution in [0.25, 0.3) is 44.2 Å². The maximum Gasteiger partial charge on any atom is 0.137 e. The minimum Gasteiger partial charge on any atom is -0.456 e. The highest BCUT2D eigenvalue weighted by molar-refractivity contribution is 7.99. The van der Waals surface area contributed by atoms with Crippen LogP contribution in [0.2, 0.25) is 0 Å². The molecule has 0 radical (unpaired) electrons. The molecule has 10 aromatic carbocycles. The molecule has 3 heterocycles. The molecule has 2 aliphatic heterocycles. The molecule has 0 saturated heterocycles. The summed E-state index contributed by atoms with van der Waals surface area (Å²) < 4.78 is 6.87. The number of anilines is 3. The lowest BCUT2D eigenvalue weighted by Crippen LogP contribution is -2.62. The summed E-state index contributed by atoms with van der Waals surface area (Å²) >= 11 is 1.90. The summed E-state index contributed by atoms with van der Waals surface area (Å²) in [7, 11) is -1.89. The summed E-state index contributed by atoms with van der Waals surface area (Å²) in [4.78, 5) is 4.94. The lowest BCUT2D eigenvalue weighted by atomic mass is 9.64. The van der Waals surface area contributed by atoms with Crippen LogP contribution in [0.5, 0.6) is 0 Å². The SMILES string of the molecule is c1ccc(-c2ccc(N(c3ccccc3)c3ccc4c(c3)oc3cc(-c5ccc6c(c5)C5(c7ccccc7Sc7ccccc75)c5ccccc5[SiH]6c5ccccc5)ccc34)cc2)cc1. The van der Waals surface area contributed by atoms with Crippen LogP contribution in [-0.4, -0.2) is 8.80 Å². The van der Waals surface area contributed by atoms with Gasteiger partial charge in [-0.25, -0.2) is 0 Å². The zero-order valence-electron chi connectivity index (χ0n) is 35.4. The van der Waals surface area contributed by atoms with Crippen LogP contribution >= 0.6 is 11.8 Å². The van der Waals surface area contributed by atoms with E-state index in [0.717, 1.165) is 44.6 Å². The molecule has 65 heavy (non-hydrogen) atoms. The Morgan fingerprint density at radius 1 is 0.354 bits per heavy atom. The fourth-order valence-corrected chi connectivity index (χ4v) is 15.5. The van der Waals surface area contributed by atoms with Gasteiger partial charge in [-0.1, -0.05) is 187 Å². The average molecular weight is 864 g/mol. The molecular formula is C61H41NOSSi. The van der Waals surface area contributed by atoms with Crippen molar-refractivity contribution in [2.75, 3.05) is 4.90 Å². The molecule has 306 valence electrons. The first-order valence-electron chi connectivity index (χ1n) is 22.4. The molecule has 13 rings (SSSR count). The van der Waals surface area contributed by atoms with Gasteiger partial charge >= 0.3 is 0 Å². The van der Waals surface area contributed by atoms with E-state index in [-0.39, 0.29) is 0 Å².